The molecule has 25 heavy (non-hydrogen) atoms. The first kappa shape index (κ1) is 17.4. The second-order valence-electron chi connectivity index (χ2n) is 5.98. The van der Waals surface area contributed by atoms with Crippen LogP contribution in [0, 0.1) is 6.92 Å². The lowest BCUT2D eigenvalue weighted by atomic mass is 10.0. The van der Waals surface area contributed by atoms with E-state index in [4.69, 9.17) is 11.6 Å². The number of rotatable bonds is 4. The van der Waals surface area contributed by atoms with Crippen LogP contribution in [0.5, 0.6) is 0 Å². The Kier molecular flexibility index (Phi) is 4.73. The number of aromatic nitrogens is 3. The molecule has 0 unspecified atom stereocenters. The number of halogens is 1. The Morgan fingerprint density at radius 3 is 2.64 bits per heavy atom. The van der Waals surface area contributed by atoms with Crippen LogP contribution in [0.1, 0.15) is 27.8 Å². The van der Waals surface area contributed by atoms with Crippen LogP contribution in [0.25, 0.3) is 0 Å². The number of aliphatic hydroxyl groups is 1. The molecular formula is C16H18ClN5O3. The van der Waals surface area contributed by atoms with E-state index < -0.39 is 12.0 Å². The fourth-order valence-electron chi connectivity index (χ4n) is 2.62. The van der Waals surface area contributed by atoms with Gasteiger partial charge < -0.3 is 15.3 Å². The molecule has 1 fully saturated rings. The zero-order valence-corrected chi connectivity index (χ0v) is 14.6. The van der Waals surface area contributed by atoms with Gasteiger partial charge in [-0.15, -0.1) is 5.10 Å². The molecule has 0 aliphatic carbocycles. The molecule has 0 bridgehead atoms. The molecule has 1 atom stereocenters. The number of carbonyl (C=O) groups is 2. The van der Waals surface area contributed by atoms with E-state index in [1.807, 2.05) is 0 Å². The molecule has 8 nitrogen and oxygen atoms in total. The third-order valence-corrected chi connectivity index (χ3v) is 4.63. The van der Waals surface area contributed by atoms with Crippen LogP contribution in [-0.4, -0.2) is 55.9 Å². The molecule has 2 N–H and O–H groups in total. The maximum Gasteiger partial charge on any atom is 0.274 e. The fourth-order valence-corrected chi connectivity index (χ4v) is 2.86. The highest BCUT2D eigenvalue weighted by atomic mass is 35.5. The van der Waals surface area contributed by atoms with E-state index in [0.717, 1.165) is 0 Å². The number of nitrogens with zero attached hydrogens (tertiary/aromatic N) is 4. The predicted molar refractivity (Wildman–Crippen MR) is 90.0 cm³/mol. The standard InChI is InChI=1S/C16H18ClN5O3/c1-9-13(19-20-21(9)2)15(24)18-10-7-22(8-10)16(25)14(23)11-5-3-4-6-12(11)17/h3-6,10,14,23H,7-8H2,1-2H3,(H,18,24)/t14-/m1/s1. The molecule has 1 aromatic carbocycles. The van der Waals surface area contributed by atoms with Crippen LogP contribution >= 0.6 is 11.6 Å². The second kappa shape index (κ2) is 6.81. The van der Waals surface area contributed by atoms with Crippen molar-refractivity contribution in [1.29, 1.82) is 0 Å². The Labute approximate surface area is 149 Å². The number of carbonyl (C=O) groups excluding carboxylic acids is 2. The lowest BCUT2D eigenvalue weighted by molar-refractivity contribution is -0.145. The van der Waals surface area contributed by atoms with Crippen molar-refractivity contribution < 1.29 is 14.7 Å². The normalized spacial score (nSPS) is 15.6. The lowest BCUT2D eigenvalue weighted by Crippen LogP contribution is -2.61. The lowest BCUT2D eigenvalue weighted by Gasteiger charge is -2.40. The summed E-state index contributed by atoms with van der Waals surface area (Å²) in [7, 11) is 1.71. The highest BCUT2D eigenvalue weighted by Gasteiger charge is 2.36. The van der Waals surface area contributed by atoms with Gasteiger partial charge in [0.15, 0.2) is 11.8 Å². The Morgan fingerprint density at radius 2 is 2.04 bits per heavy atom. The molecule has 1 saturated heterocycles. The summed E-state index contributed by atoms with van der Waals surface area (Å²) in [6.07, 6.45) is -1.31. The number of hydrogen-bond acceptors (Lipinski definition) is 5. The highest BCUT2D eigenvalue weighted by molar-refractivity contribution is 6.31. The number of nitrogens with one attached hydrogen (secondary N) is 1. The van der Waals surface area contributed by atoms with Gasteiger partial charge in [0.25, 0.3) is 11.8 Å². The molecule has 2 amide bonds. The summed E-state index contributed by atoms with van der Waals surface area (Å²) in [6, 6.07) is 6.49. The van der Waals surface area contributed by atoms with E-state index in [9.17, 15) is 14.7 Å². The zero-order valence-electron chi connectivity index (χ0n) is 13.8. The van der Waals surface area contributed by atoms with Crippen LogP contribution in [0.4, 0.5) is 0 Å². The van der Waals surface area contributed by atoms with Crippen molar-refractivity contribution in [1.82, 2.24) is 25.2 Å². The number of aryl methyl sites for hydroxylation is 1. The van der Waals surface area contributed by atoms with Crippen LogP contribution in [0.2, 0.25) is 5.02 Å². The molecule has 1 aliphatic rings. The first-order chi connectivity index (χ1) is 11.9. The van der Waals surface area contributed by atoms with Crippen LogP contribution in [0.3, 0.4) is 0 Å². The molecule has 1 aromatic heterocycles. The van der Waals surface area contributed by atoms with Gasteiger partial charge in [-0.2, -0.15) is 0 Å². The molecule has 3 rings (SSSR count). The number of hydrogen-bond donors (Lipinski definition) is 2. The van der Waals surface area contributed by atoms with E-state index in [2.05, 4.69) is 15.6 Å². The van der Waals surface area contributed by atoms with Gasteiger partial charge in [-0.1, -0.05) is 35.0 Å². The minimum Gasteiger partial charge on any atom is -0.378 e. The minimum atomic E-state index is -1.31. The van der Waals surface area contributed by atoms with Crippen molar-refractivity contribution in [2.24, 2.45) is 7.05 Å². The summed E-state index contributed by atoms with van der Waals surface area (Å²) in [4.78, 5) is 26.0. The van der Waals surface area contributed by atoms with Gasteiger partial charge in [0.1, 0.15) is 0 Å². The molecule has 2 heterocycles. The van der Waals surface area contributed by atoms with E-state index in [1.165, 1.54) is 9.58 Å². The van der Waals surface area contributed by atoms with Gasteiger partial charge in [0.05, 0.1) is 11.7 Å². The number of amides is 2. The topological polar surface area (TPSA) is 100 Å². The minimum absolute atomic E-state index is 0.184. The van der Waals surface area contributed by atoms with Gasteiger partial charge in [-0.3, -0.25) is 14.3 Å². The summed E-state index contributed by atoms with van der Waals surface area (Å²) in [6.45, 7) is 2.41. The number of aliphatic hydroxyl groups excluding tert-OH is 1. The van der Waals surface area contributed by atoms with Crippen LogP contribution in [-0.2, 0) is 11.8 Å². The largest absolute Gasteiger partial charge is 0.378 e. The Balaban J connectivity index is 1.55. The zero-order chi connectivity index (χ0) is 18.1. The number of likely N-dealkylation sites (tertiary alicyclic amines) is 1. The quantitative estimate of drug-likeness (QED) is 0.821. The molecule has 0 spiro atoms. The number of benzene rings is 1. The molecule has 9 heteroatoms. The van der Waals surface area contributed by atoms with Crippen molar-refractivity contribution in [2.45, 2.75) is 19.1 Å². The third-order valence-electron chi connectivity index (χ3n) is 4.28. The Morgan fingerprint density at radius 1 is 1.36 bits per heavy atom. The van der Waals surface area contributed by atoms with Gasteiger partial charge in [-0.25, -0.2) is 0 Å². The smallest absolute Gasteiger partial charge is 0.274 e. The summed E-state index contributed by atoms with van der Waals surface area (Å²) in [5, 5.41) is 21.0. The monoisotopic (exact) mass is 363 g/mol. The van der Waals surface area contributed by atoms with E-state index in [1.54, 1.807) is 38.2 Å². The molecule has 132 valence electrons. The molecule has 0 saturated carbocycles. The molecule has 1 aliphatic heterocycles. The first-order valence-electron chi connectivity index (χ1n) is 7.77. The third kappa shape index (κ3) is 3.35. The van der Waals surface area contributed by atoms with Crippen molar-refractivity contribution in [3.8, 4) is 0 Å². The van der Waals surface area contributed by atoms with E-state index in [-0.39, 0.29) is 17.6 Å². The summed E-state index contributed by atoms with van der Waals surface area (Å²) in [5.41, 5.74) is 1.30. The van der Waals surface area contributed by atoms with Gasteiger partial charge in [-0.05, 0) is 13.0 Å². The average molecular weight is 364 g/mol. The highest BCUT2D eigenvalue weighted by Crippen LogP contribution is 2.25. The Hall–Kier alpha value is -2.45. The van der Waals surface area contributed by atoms with Crippen molar-refractivity contribution in [3.05, 3.63) is 46.2 Å². The van der Waals surface area contributed by atoms with Gasteiger partial charge >= 0.3 is 0 Å². The molecule has 2 aromatic rings. The molecule has 0 radical (unpaired) electrons. The maximum atomic E-state index is 12.3. The Bertz CT molecular complexity index is 816. The van der Waals surface area contributed by atoms with Crippen molar-refractivity contribution in [2.75, 3.05) is 13.1 Å². The van der Waals surface area contributed by atoms with Gasteiger partial charge in [0.2, 0.25) is 0 Å². The fraction of sp³-hybridized carbons (Fsp3) is 0.375. The van der Waals surface area contributed by atoms with E-state index in [0.29, 0.717) is 29.4 Å². The summed E-state index contributed by atoms with van der Waals surface area (Å²) >= 11 is 6.01. The SMILES string of the molecule is Cc1c(C(=O)NC2CN(C(=O)[C@H](O)c3ccccc3Cl)C2)nnn1C. The van der Waals surface area contributed by atoms with Crippen LogP contribution in [0.15, 0.2) is 24.3 Å². The maximum absolute atomic E-state index is 12.3. The van der Waals surface area contributed by atoms with Crippen molar-refractivity contribution in [3.63, 3.8) is 0 Å². The van der Waals surface area contributed by atoms with Crippen LogP contribution < -0.4 is 5.32 Å². The average Bonchev–Trinajstić information content (AvgIpc) is 2.89. The van der Waals surface area contributed by atoms with E-state index >= 15 is 0 Å². The first-order valence-corrected chi connectivity index (χ1v) is 8.14. The summed E-state index contributed by atoms with van der Waals surface area (Å²) < 4.78 is 1.52. The summed E-state index contributed by atoms with van der Waals surface area (Å²) in [5.74, 6) is -0.761. The molecular weight excluding hydrogens is 346 g/mol. The van der Waals surface area contributed by atoms with Gasteiger partial charge in [0, 0.05) is 30.7 Å². The predicted octanol–water partition coefficient (Wildman–Crippen LogP) is 0.451. The van der Waals surface area contributed by atoms with Crippen molar-refractivity contribution >= 4 is 23.4 Å². The second-order valence-corrected chi connectivity index (χ2v) is 6.39.